The van der Waals surface area contributed by atoms with Crippen molar-refractivity contribution in [2.24, 2.45) is 17.8 Å². The van der Waals surface area contributed by atoms with Gasteiger partial charge in [0.2, 0.25) is 11.8 Å². The molecular formula is C37H43BINO7Si. The van der Waals surface area contributed by atoms with Gasteiger partial charge < -0.3 is 23.9 Å². The van der Waals surface area contributed by atoms with Crippen LogP contribution in [0.5, 0.6) is 11.5 Å². The molecule has 8 nitrogen and oxygen atoms in total. The number of halogens is 1. The number of carbonyl (C=O) groups excluding carboxylic acids is 2. The largest absolute Gasteiger partial charge is 0.504 e. The second kappa shape index (κ2) is 13.7. The molecule has 0 spiro atoms. The van der Waals surface area contributed by atoms with Crippen molar-refractivity contribution in [3.05, 3.63) is 93.0 Å². The lowest BCUT2D eigenvalue weighted by molar-refractivity contribution is -0.140. The smallest absolute Gasteiger partial charge is 0.487 e. The van der Waals surface area contributed by atoms with E-state index in [2.05, 4.69) is 45.0 Å². The number of allylic oxidation sites excluding steroid dienone is 1. The van der Waals surface area contributed by atoms with Crippen molar-refractivity contribution < 1.29 is 33.5 Å². The summed E-state index contributed by atoms with van der Waals surface area (Å²) < 4.78 is 19.6. The summed E-state index contributed by atoms with van der Waals surface area (Å²) in [4.78, 5) is 29.2. The highest BCUT2D eigenvalue weighted by Gasteiger charge is 2.58. The Labute approximate surface area is 297 Å². The summed E-state index contributed by atoms with van der Waals surface area (Å²) in [5.74, 6) is -1.53. The number of likely N-dealkylation sites (tertiary alicyclic amines) is 1. The van der Waals surface area contributed by atoms with Crippen LogP contribution in [-0.4, -0.2) is 62.5 Å². The van der Waals surface area contributed by atoms with Crippen LogP contribution in [0.4, 0.5) is 0 Å². The molecule has 11 heteroatoms. The Hall–Kier alpha value is -2.97. The highest BCUT2D eigenvalue weighted by molar-refractivity contribution is 14.1. The van der Waals surface area contributed by atoms with Crippen LogP contribution in [0.1, 0.15) is 58.6 Å². The summed E-state index contributed by atoms with van der Waals surface area (Å²) in [6.45, 7) is 9.19. The van der Waals surface area contributed by atoms with E-state index in [-0.39, 0.29) is 29.2 Å². The molecule has 0 radical (unpaired) electrons. The van der Waals surface area contributed by atoms with Crippen LogP contribution >= 0.6 is 22.6 Å². The van der Waals surface area contributed by atoms with Crippen molar-refractivity contribution in [2.45, 2.75) is 58.1 Å². The van der Waals surface area contributed by atoms with Crippen LogP contribution in [0.15, 0.2) is 83.8 Å². The van der Waals surface area contributed by atoms with Crippen molar-refractivity contribution >= 4 is 60.2 Å². The summed E-state index contributed by atoms with van der Waals surface area (Å²) in [5, 5.41) is 24.3. The van der Waals surface area contributed by atoms with Crippen molar-refractivity contribution in [1.29, 1.82) is 0 Å². The van der Waals surface area contributed by atoms with Crippen molar-refractivity contribution in [1.82, 2.24) is 4.90 Å². The molecule has 0 saturated carbocycles. The molecule has 3 aromatic rings. The summed E-state index contributed by atoms with van der Waals surface area (Å²) >= 11 is 2.04. The lowest BCUT2D eigenvalue weighted by atomic mass is 9.55. The molecule has 2 heterocycles. The Morgan fingerprint density at radius 1 is 1.00 bits per heavy atom. The minimum absolute atomic E-state index is 0.0334. The average molecular weight is 780 g/mol. The molecule has 6 rings (SSSR count). The van der Waals surface area contributed by atoms with E-state index in [1.165, 1.54) is 12.0 Å². The van der Waals surface area contributed by atoms with Crippen LogP contribution < -0.4 is 15.1 Å². The number of hydrogen-bond acceptors (Lipinski definition) is 7. The first-order chi connectivity index (χ1) is 22.9. The van der Waals surface area contributed by atoms with E-state index in [1.807, 2.05) is 72.0 Å². The molecule has 0 unspecified atom stereocenters. The van der Waals surface area contributed by atoms with Gasteiger partial charge in [0.15, 0.2) is 11.5 Å². The third kappa shape index (κ3) is 5.95. The van der Waals surface area contributed by atoms with Crippen molar-refractivity contribution in [2.75, 3.05) is 20.3 Å². The molecule has 0 aromatic heterocycles. The molecule has 252 valence electrons. The fraction of sp³-hybridized carbons (Fsp3) is 0.405. The van der Waals surface area contributed by atoms with Gasteiger partial charge in [-0.2, -0.15) is 0 Å². The van der Waals surface area contributed by atoms with E-state index in [9.17, 15) is 19.7 Å². The van der Waals surface area contributed by atoms with E-state index in [0.717, 1.165) is 21.5 Å². The Morgan fingerprint density at radius 2 is 1.62 bits per heavy atom. The predicted octanol–water partition coefficient (Wildman–Crippen LogP) is 5.39. The zero-order valence-corrected chi connectivity index (χ0v) is 31.3. The van der Waals surface area contributed by atoms with E-state index < -0.39 is 39.3 Å². The molecule has 2 amide bonds. The lowest BCUT2D eigenvalue weighted by Crippen LogP contribution is -2.66. The van der Waals surface area contributed by atoms with Gasteiger partial charge in [0, 0.05) is 6.54 Å². The van der Waals surface area contributed by atoms with E-state index in [4.69, 9.17) is 13.8 Å². The highest BCUT2D eigenvalue weighted by atomic mass is 127. The normalized spacial score (nSPS) is 23.0. The van der Waals surface area contributed by atoms with Crippen LogP contribution in [0.2, 0.25) is 5.04 Å². The lowest BCUT2D eigenvalue weighted by Gasteiger charge is -2.45. The second-order valence-electron chi connectivity index (χ2n) is 14.0. The van der Waals surface area contributed by atoms with Gasteiger partial charge in [0.25, 0.3) is 8.32 Å². The molecule has 2 fully saturated rings. The van der Waals surface area contributed by atoms with Gasteiger partial charge in [-0.25, -0.2) is 0 Å². The topological polar surface area (TPSA) is 106 Å². The van der Waals surface area contributed by atoms with Crippen molar-refractivity contribution in [3.63, 3.8) is 0 Å². The summed E-state index contributed by atoms with van der Waals surface area (Å²) in [6.07, 6.45) is 0.804. The first-order valence-electron chi connectivity index (χ1n) is 16.6. The zero-order valence-electron chi connectivity index (χ0n) is 28.1. The van der Waals surface area contributed by atoms with E-state index in [1.54, 1.807) is 6.07 Å². The zero-order chi connectivity index (χ0) is 34.4. The van der Waals surface area contributed by atoms with Gasteiger partial charge in [-0.15, -0.1) is 0 Å². The minimum Gasteiger partial charge on any atom is -0.504 e. The number of methoxy groups -OCH3 is 1. The standard InChI is InChI=1S/C37H43BINO7Si/c1-6-17-40-35(42)28-18-24(22-46-48(37(2,3)4,25-13-9-7-10-14-25)26-15-11-8-12-16-26)33-27(32(28)36(40)43)21-30(47-38(33)44)23-19-29(39)34(41)31(20-23)45-5/h7-16,19-20,27-28,30,32,41,44H,6,17-18,21-22H2,1-5H3/t27-,28-,30-,32+/m0/s1. The molecule has 3 aliphatic rings. The van der Waals surface area contributed by atoms with Gasteiger partial charge in [0.1, 0.15) is 0 Å². The Morgan fingerprint density at radius 3 is 2.19 bits per heavy atom. The third-order valence-electron chi connectivity index (χ3n) is 10.3. The number of amides is 2. The first kappa shape index (κ1) is 34.9. The number of benzene rings is 3. The SMILES string of the molecule is CCCN1C(=O)[C@H]2[C@H](CC(CO[Si](c3ccccc3)(c3ccccc3)C(C)(C)C)=C3B(O)O[C@H](c4cc(I)c(O)c(OC)c4)C[C@H]32)C1=O. The van der Waals surface area contributed by atoms with Crippen LogP contribution in [0, 0.1) is 21.3 Å². The molecule has 1 aliphatic carbocycles. The number of imide groups is 1. The Balaban J connectivity index is 1.45. The maximum Gasteiger partial charge on any atom is 0.487 e. The monoisotopic (exact) mass is 779 g/mol. The molecule has 4 atom stereocenters. The number of fused-ring (bicyclic) bond motifs is 3. The molecule has 2 saturated heterocycles. The fourth-order valence-corrected chi connectivity index (χ4v) is 13.3. The van der Waals surface area contributed by atoms with Crippen LogP contribution in [-0.2, 0) is 18.7 Å². The Kier molecular flexibility index (Phi) is 9.98. The van der Waals surface area contributed by atoms with Gasteiger partial charge >= 0.3 is 7.12 Å². The third-order valence-corrected chi connectivity index (χ3v) is 16.1. The fourth-order valence-electron chi connectivity index (χ4n) is 8.16. The van der Waals surface area contributed by atoms with Crippen LogP contribution in [0.3, 0.4) is 0 Å². The van der Waals surface area contributed by atoms with E-state index in [0.29, 0.717) is 40.6 Å². The van der Waals surface area contributed by atoms with Gasteiger partial charge in [-0.1, -0.05) is 88.4 Å². The number of hydrogen-bond donors (Lipinski definition) is 2. The summed E-state index contributed by atoms with van der Waals surface area (Å²) in [6, 6.07) is 24.3. The Bertz CT molecular complexity index is 1670. The molecule has 2 aliphatic heterocycles. The summed E-state index contributed by atoms with van der Waals surface area (Å²) in [5.41, 5.74) is 2.21. The second-order valence-corrected chi connectivity index (χ2v) is 19.5. The minimum atomic E-state index is -2.95. The number of phenols is 1. The molecule has 2 N–H and O–H groups in total. The molecule has 0 bridgehead atoms. The number of nitrogens with zero attached hydrogens (tertiary/aromatic N) is 1. The maximum atomic E-state index is 14.0. The van der Waals surface area contributed by atoms with Gasteiger partial charge in [0.05, 0.1) is 35.2 Å². The first-order valence-corrected chi connectivity index (χ1v) is 19.6. The number of aromatic hydroxyl groups is 1. The van der Waals surface area contributed by atoms with Crippen LogP contribution in [0.25, 0.3) is 0 Å². The predicted molar refractivity (Wildman–Crippen MR) is 196 cm³/mol. The van der Waals surface area contributed by atoms with Gasteiger partial charge in [-0.3, -0.25) is 14.5 Å². The highest BCUT2D eigenvalue weighted by Crippen LogP contribution is 2.52. The number of ether oxygens (including phenoxy) is 1. The van der Waals surface area contributed by atoms with Gasteiger partial charge in [-0.05, 0) is 91.9 Å². The number of carbonyl (C=O) groups is 2. The van der Waals surface area contributed by atoms with Crippen molar-refractivity contribution in [3.8, 4) is 11.5 Å². The average Bonchev–Trinajstić information content (AvgIpc) is 3.31. The number of phenolic OH excluding ortho intramolecular Hbond substituents is 1. The maximum absolute atomic E-state index is 14.0. The molecule has 48 heavy (non-hydrogen) atoms. The molecular weight excluding hydrogens is 736 g/mol. The molecule has 3 aromatic carbocycles. The summed E-state index contributed by atoms with van der Waals surface area (Å²) in [7, 11) is -2.76. The quantitative estimate of drug-likeness (QED) is 0.171. The number of rotatable bonds is 9. The van der Waals surface area contributed by atoms with E-state index >= 15 is 0 Å².